The van der Waals surface area contributed by atoms with E-state index in [4.69, 9.17) is 0 Å². The summed E-state index contributed by atoms with van der Waals surface area (Å²) < 4.78 is 0. The van der Waals surface area contributed by atoms with Crippen LogP contribution < -0.4 is 63.3 Å². The van der Waals surface area contributed by atoms with E-state index in [0.29, 0.717) is 0 Å². The van der Waals surface area contributed by atoms with Crippen LogP contribution in [0.1, 0.15) is 0 Å². The normalized spacial score (nSPS) is 15.3. The van der Waals surface area contributed by atoms with Crippen LogP contribution in [0.5, 0.6) is 0 Å². The van der Waals surface area contributed by atoms with Gasteiger partial charge in [-0.05, 0) is 104 Å². The molecule has 0 unspecified atom stereocenters. The maximum absolute atomic E-state index is 3.00. The van der Waals surface area contributed by atoms with Gasteiger partial charge in [-0.25, -0.2) is 0 Å². The molecule has 0 aromatic heterocycles. The molecular formula is C60H36B2N2S4Si. The Labute approximate surface area is 420 Å². The van der Waals surface area contributed by atoms with Crippen molar-refractivity contribution in [2.24, 2.45) is 0 Å². The quantitative estimate of drug-likeness (QED) is 0.158. The van der Waals surface area contributed by atoms with Crippen molar-refractivity contribution in [3.63, 3.8) is 0 Å². The molecule has 0 radical (unpaired) electrons. The van der Waals surface area contributed by atoms with Gasteiger partial charge in [0.1, 0.15) is 0 Å². The Hall–Kier alpha value is -6.45. The van der Waals surface area contributed by atoms with E-state index >= 15 is 0 Å². The topological polar surface area (TPSA) is 6.48 Å². The molecule has 16 rings (SSSR count). The lowest BCUT2D eigenvalue weighted by Gasteiger charge is -2.50. The Morgan fingerprint density at radius 2 is 0.522 bits per heavy atom. The molecule has 69 heavy (non-hydrogen) atoms. The Bertz CT molecular complexity index is 3400. The Balaban J connectivity index is 0.904. The molecule has 0 aliphatic carbocycles. The molecule has 320 valence electrons. The van der Waals surface area contributed by atoms with Gasteiger partial charge in [0.25, 0.3) is 0 Å². The third kappa shape index (κ3) is 5.37. The zero-order chi connectivity index (χ0) is 45.0. The van der Waals surface area contributed by atoms with Gasteiger partial charge in [-0.2, -0.15) is 0 Å². The average Bonchev–Trinajstić information content (AvgIpc) is 3.40. The Morgan fingerprint density at radius 3 is 0.812 bits per heavy atom. The third-order valence-corrected chi connectivity index (χ3v) is 24.8. The lowest BCUT2D eigenvalue weighted by molar-refractivity contribution is 1.23. The summed E-state index contributed by atoms with van der Waals surface area (Å²) >= 11 is 7.74. The van der Waals surface area contributed by atoms with Crippen LogP contribution in [0.2, 0.25) is 0 Å². The summed E-state index contributed by atoms with van der Waals surface area (Å²) in [6.07, 6.45) is 0. The van der Waals surface area contributed by atoms with Crippen LogP contribution >= 0.6 is 47.0 Å². The first kappa shape index (κ1) is 39.4. The van der Waals surface area contributed by atoms with Crippen molar-refractivity contribution in [2.75, 3.05) is 9.80 Å². The summed E-state index contributed by atoms with van der Waals surface area (Å²) in [6.45, 7) is 0.431. The van der Waals surface area contributed by atoms with Gasteiger partial charge in [0.15, 0.2) is 8.07 Å². The summed E-state index contributed by atoms with van der Waals surface area (Å²) in [4.78, 5) is 16.0. The minimum atomic E-state index is -3.00. The molecule has 0 saturated heterocycles. The van der Waals surface area contributed by atoms with Crippen molar-refractivity contribution in [3.8, 4) is 0 Å². The number of nitrogens with zero attached hydrogens (tertiary/aromatic N) is 2. The highest BCUT2D eigenvalue weighted by atomic mass is 32.2. The highest BCUT2D eigenvalue weighted by Crippen LogP contribution is 2.49. The molecule has 0 N–H and O–H groups in total. The largest absolute Gasteiger partial charge is 0.311 e. The van der Waals surface area contributed by atoms with Crippen LogP contribution in [-0.2, 0) is 0 Å². The first-order chi connectivity index (χ1) is 34.2. The number of hydrogen-bond acceptors (Lipinski definition) is 6. The summed E-state index contributed by atoms with van der Waals surface area (Å²) in [5, 5.41) is 5.69. The maximum atomic E-state index is 2.60. The van der Waals surface area contributed by atoms with Crippen molar-refractivity contribution >= 4 is 156 Å². The van der Waals surface area contributed by atoms with Gasteiger partial charge >= 0.3 is 0 Å². The van der Waals surface area contributed by atoms with Crippen LogP contribution in [0.3, 0.4) is 0 Å². The summed E-state index contributed by atoms with van der Waals surface area (Å²) in [6, 6.07) is 83.8. The molecule has 9 heteroatoms. The molecule has 0 atom stereocenters. The van der Waals surface area contributed by atoms with Crippen molar-refractivity contribution < 1.29 is 0 Å². The fourth-order valence-electron chi connectivity index (χ4n) is 12.6. The second kappa shape index (κ2) is 14.8. The van der Waals surface area contributed by atoms with E-state index in [1.807, 2.05) is 47.0 Å². The number of fused-ring (bicyclic) bond motifs is 16. The minimum Gasteiger partial charge on any atom is -0.311 e. The van der Waals surface area contributed by atoms with Gasteiger partial charge < -0.3 is 9.80 Å². The van der Waals surface area contributed by atoms with Crippen LogP contribution in [-0.4, -0.2) is 21.5 Å². The van der Waals surface area contributed by atoms with E-state index in [-0.39, 0.29) is 13.4 Å². The molecule has 10 aromatic rings. The van der Waals surface area contributed by atoms with E-state index in [0.717, 1.165) is 0 Å². The highest BCUT2D eigenvalue weighted by molar-refractivity contribution is 8.02. The summed E-state index contributed by atoms with van der Waals surface area (Å²) in [7, 11) is -3.00. The maximum Gasteiger partial charge on any atom is 0.247 e. The van der Waals surface area contributed by atoms with Crippen molar-refractivity contribution in [3.05, 3.63) is 218 Å². The smallest absolute Gasteiger partial charge is 0.247 e. The first-order valence-electron chi connectivity index (χ1n) is 23.6. The molecule has 6 aliphatic rings. The zero-order valence-electron chi connectivity index (χ0n) is 37.0. The lowest BCUT2D eigenvalue weighted by Crippen LogP contribution is -2.79. The molecule has 1 spiro atoms. The highest BCUT2D eigenvalue weighted by Gasteiger charge is 2.54. The predicted octanol–water partition coefficient (Wildman–Crippen LogP) is 9.52. The SMILES string of the molecule is c1ccc2c(c1)Sc1cc(N3c4ccccc4[Si]4(c5ccccc53)c3ccccc3N(c3cc5c6c(c3)Sc3ccccc3B6c3ccccc3S5)c3ccccc34)cc3c1B2c1ccccc1S3. The van der Waals surface area contributed by atoms with Gasteiger partial charge in [-0.3, -0.25) is 0 Å². The fraction of sp³-hybridized carbons (Fsp3) is 0. The van der Waals surface area contributed by atoms with E-state index < -0.39 is 8.07 Å². The third-order valence-electron chi connectivity index (χ3n) is 15.3. The molecule has 10 aromatic carbocycles. The molecular weight excluding hydrogens is 927 g/mol. The van der Waals surface area contributed by atoms with Gasteiger partial charge in [0.05, 0.1) is 0 Å². The number of rotatable bonds is 2. The van der Waals surface area contributed by atoms with Crippen molar-refractivity contribution in [1.82, 2.24) is 0 Å². The summed E-state index contributed by atoms with van der Waals surface area (Å²) in [5.41, 5.74) is 16.0. The van der Waals surface area contributed by atoms with Gasteiger partial charge in [0.2, 0.25) is 13.4 Å². The van der Waals surface area contributed by atoms with Crippen molar-refractivity contribution in [1.29, 1.82) is 0 Å². The van der Waals surface area contributed by atoms with E-state index in [1.165, 1.54) is 127 Å². The van der Waals surface area contributed by atoms with Gasteiger partial charge in [0, 0.05) is 73.3 Å². The van der Waals surface area contributed by atoms with Crippen molar-refractivity contribution in [2.45, 2.75) is 39.2 Å². The fourth-order valence-corrected chi connectivity index (χ4v) is 23.0. The zero-order valence-corrected chi connectivity index (χ0v) is 41.2. The number of benzene rings is 10. The second-order valence-corrected chi connectivity index (χ2v) is 26.6. The van der Waals surface area contributed by atoms with E-state index in [9.17, 15) is 0 Å². The average molecular weight is 963 g/mol. The van der Waals surface area contributed by atoms with E-state index in [1.54, 1.807) is 0 Å². The predicted molar refractivity (Wildman–Crippen MR) is 298 cm³/mol. The standard InChI is InChI=1S/C60H36B2N2S4Si/c1-9-25-47-39(17-1)61-40-18-2-10-26-48(40)66-52-34-37(33-51(65-47)59(52)61)63-43-21-5-13-29-55(43)69(56-30-14-6-22-44(56)63)57-31-15-7-23-45(57)64(46-24-8-16-32-58(46)69)38-35-53-60-54(36-38)68-50-28-12-4-20-42(50)62(60)41-19-3-11-27-49(41)67-53/h1-36H. The number of anilines is 6. The first-order valence-corrected chi connectivity index (χ1v) is 28.9. The summed E-state index contributed by atoms with van der Waals surface area (Å²) in [5.74, 6) is 0. The van der Waals surface area contributed by atoms with Crippen LogP contribution in [0.4, 0.5) is 34.1 Å². The molecule has 0 amide bonds. The van der Waals surface area contributed by atoms with Crippen LogP contribution in [0.25, 0.3) is 0 Å². The Morgan fingerprint density at radius 1 is 0.275 bits per heavy atom. The molecule has 0 fully saturated rings. The minimum absolute atomic E-state index is 0.216. The monoisotopic (exact) mass is 962 g/mol. The second-order valence-electron chi connectivity index (χ2n) is 18.6. The Kier molecular flexibility index (Phi) is 8.44. The molecule has 0 saturated carbocycles. The molecule has 6 aliphatic heterocycles. The van der Waals surface area contributed by atoms with Crippen LogP contribution in [0.15, 0.2) is 258 Å². The number of para-hydroxylation sites is 4. The number of hydrogen-bond donors (Lipinski definition) is 0. The molecule has 6 heterocycles. The van der Waals surface area contributed by atoms with Gasteiger partial charge in [-0.15, -0.1) is 0 Å². The van der Waals surface area contributed by atoms with E-state index in [2.05, 4.69) is 228 Å². The van der Waals surface area contributed by atoms with Gasteiger partial charge in [-0.1, -0.05) is 214 Å². The molecule has 0 bridgehead atoms. The van der Waals surface area contributed by atoms with Crippen LogP contribution in [0, 0.1) is 0 Å². The molecule has 2 nitrogen and oxygen atoms in total. The lowest BCUT2D eigenvalue weighted by atomic mass is 9.36.